The van der Waals surface area contributed by atoms with Crippen LogP contribution in [0.2, 0.25) is 5.02 Å². The van der Waals surface area contributed by atoms with Crippen LogP contribution in [0.5, 0.6) is 5.75 Å². The Morgan fingerprint density at radius 2 is 1.77 bits per heavy atom. The van der Waals surface area contributed by atoms with Gasteiger partial charge in [0.15, 0.2) is 0 Å². The number of methoxy groups -OCH3 is 1. The minimum absolute atomic E-state index is 0.158. The lowest BCUT2D eigenvalue weighted by atomic mass is 10.2. The third-order valence-electron chi connectivity index (χ3n) is 2.91. The largest absolute Gasteiger partial charge is 0.494 e. The van der Waals surface area contributed by atoms with E-state index in [0.29, 0.717) is 19.7 Å². The van der Waals surface area contributed by atoms with E-state index in [0.717, 1.165) is 5.56 Å². The zero-order chi connectivity index (χ0) is 16.5. The summed E-state index contributed by atoms with van der Waals surface area (Å²) in [6, 6.07) is 8.14. The van der Waals surface area contributed by atoms with Crippen molar-refractivity contribution >= 4 is 59.2 Å². The first kappa shape index (κ1) is 17.6. The second-order valence-electron chi connectivity index (χ2n) is 4.48. The molecule has 118 valence electrons. The normalized spacial score (nSPS) is 11.3. The lowest BCUT2D eigenvalue weighted by Gasteiger charge is -2.15. The highest BCUT2D eigenvalue weighted by atomic mass is 79.9. The number of benzene rings is 2. The predicted molar refractivity (Wildman–Crippen MR) is 95.4 cm³/mol. The molecule has 0 fully saturated rings. The zero-order valence-corrected chi connectivity index (χ0v) is 16.4. The molecule has 0 heterocycles. The van der Waals surface area contributed by atoms with Gasteiger partial charge in [0.2, 0.25) is 0 Å². The standard InChI is InChI=1S/C14H12Br2ClNO3S/c1-8-3-5-9(6-4-8)22(19,20)18-14-11(21-2)7-10(15)13(17)12(14)16/h3-7,18H,1-2H3. The fourth-order valence-electron chi connectivity index (χ4n) is 1.74. The summed E-state index contributed by atoms with van der Waals surface area (Å²) in [5, 5.41) is 0.349. The van der Waals surface area contributed by atoms with Crippen molar-refractivity contribution < 1.29 is 13.2 Å². The summed E-state index contributed by atoms with van der Waals surface area (Å²) < 4.78 is 33.7. The van der Waals surface area contributed by atoms with Crippen molar-refractivity contribution in [3.8, 4) is 5.75 Å². The third kappa shape index (κ3) is 3.59. The van der Waals surface area contributed by atoms with Crippen molar-refractivity contribution in [2.75, 3.05) is 11.8 Å². The molecule has 1 N–H and O–H groups in total. The number of rotatable bonds is 4. The maximum atomic E-state index is 12.5. The van der Waals surface area contributed by atoms with E-state index in [9.17, 15) is 8.42 Å². The molecule has 0 unspecified atom stereocenters. The molecule has 8 heteroatoms. The van der Waals surface area contributed by atoms with Crippen LogP contribution in [0.25, 0.3) is 0 Å². The Bertz CT molecular complexity index is 808. The molecule has 2 aromatic rings. The van der Waals surface area contributed by atoms with Crippen LogP contribution in [-0.4, -0.2) is 15.5 Å². The quantitative estimate of drug-likeness (QED) is 0.643. The molecule has 0 aliphatic carbocycles. The maximum absolute atomic E-state index is 12.5. The van der Waals surface area contributed by atoms with Crippen molar-refractivity contribution in [1.29, 1.82) is 0 Å². The first-order valence-electron chi connectivity index (χ1n) is 6.07. The van der Waals surface area contributed by atoms with E-state index in [-0.39, 0.29) is 10.6 Å². The van der Waals surface area contributed by atoms with E-state index in [4.69, 9.17) is 16.3 Å². The van der Waals surface area contributed by atoms with Crippen LogP contribution in [0.1, 0.15) is 5.56 Å². The summed E-state index contributed by atoms with van der Waals surface area (Å²) in [4.78, 5) is 0.158. The van der Waals surface area contributed by atoms with E-state index >= 15 is 0 Å². The lowest BCUT2D eigenvalue weighted by Crippen LogP contribution is -2.14. The molecule has 0 aromatic heterocycles. The van der Waals surface area contributed by atoms with Crippen LogP contribution >= 0.6 is 43.5 Å². The maximum Gasteiger partial charge on any atom is 0.262 e. The van der Waals surface area contributed by atoms with Gasteiger partial charge in [-0.1, -0.05) is 29.3 Å². The number of nitrogens with one attached hydrogen (secondary N) is 1. The highest BCUT2D eigenvalue weighted by Crippen LogP contribution is 2.43. The molecule has 22 heavy (non-hydrogen) atoms. The van der Waals surface area contributed by atoms with Crippen molar-refractivity contribution in [1.82, 2.24) is 0 Å². The second-order valence-corrected chi connectivity index (χ2v) is 8.19. The van der Waals surface area contributed by atoms with Crippen molar-refractivity contribution in [3.05, 3.63) is 49.9 Å². The van der Waals surface area contributed by atoms with Gasteiger partial charge < -0.3 is 4.74 Å². The molecule has 0 saturated heterocycles. The van der Waals surface area contributed by atoms with Gasteiger partial charge >= 0.3 is 0 Å². The molecule has 0 radical (unpaired) electrons. The average molecular weight is 470 g/mol. The number of hydrogen-bond donors (Lipinski definition) is 1. The molecule has 2 rings (SSSR count). The van der Waals surface area contributed by atoms with Crippen LogP contribution in [0.15, 0.2) is 44.2 Å². The smallest absolute Gasteiger partial charge is 0.262 e. The molecular weight excluding hydrogens is 457 g/mol. The van der Waals surface area contributed by atoms with Gasteiger partial charge in [0.05, 0.1) is 21.5 Å². The fraction of sp³-hybridized carbons (Fsp3) is 0.143. The minimum atomic E-state index is -3.75. The van der Waals surface area contributed by atoms with Gasteiger partial charge in [-0.2, -0.15) is 0 Å². The van der Waals surface area contributed by atoms with Gasteiger partial charge in [-0.3, -0.25) is 4.72 Å². The number of anilines is 1. The molecule has 0 spiro atoms. The Morgan fingerprint density at radius 3 is 2.32 bits per heavy atom. The fourth-order valence-corrected chi connectivity index (χ4v) is 4.28. The summed E-state index contributed by atoms with van der Waals surface area (Å²) in [6.45, 7) is 1.89. The third-order valence-corrected chi connectivity index (χ3v) is 6.55. The molecule has 0 saturated carbocycles. The topological polar surface area (TPSA) is 55.4 Å². The van der Waals surface area contributed by atoms with Gasteiger partial charge in [0.1, 0.15) is 11.4 Å². The summed E-state index contributed by atoms with van der Waals surface area (Å²) in [6.07, 6.45) is 0. The minimum Gasteiger partial charge on any atom is -0.494 e. The molecule has 0 aliphatic rings. The number of ether oxygens (including phenoxy) is 1. The molecular formula is C14H12Br2ClNO3S. The van der Waals surface area contributed by atoms with Gasteiger partial charge in [-0.25, -0.2) is 8.42 Å². The van der Waals surface area contributed by atoms with Gasteiger partial charge in [-0.05, 0) is 57.0 Å². The Kier molecular flexibility index (Phi) is 5.42. The Balaban J connectivity index is 2.50. The highest BCUT2D eigenvalue weighted by molar-refractivity contribution is 9.11. The van der Waals surface area contributed by atoms with Crippen molar-refractivity contribution in [3.63, 3.8) is 0 Å². The summed E-state index contributed by atoms with van der Waals surface area (Å²) >= 11 is 12.7. The van der Waals surface area contributed by atoms with E-state index in [2.05, 4.69) is 36.6 Å². The molecule has 2 aromatic carbocycles. The van der Waals surface area contributed by atoms with Crippen molar-refractivity contribution in [2.45, 2.75) is 11.8 Å². The Morgan fingerprint density at radius 1 is 1.18 bits per heavy atom. The number of hydrogen-bond acceptors (Lipinski definition) is 3. The Hall–Kier alpha value is -0.760. The highest BCUT2D eigenvalue weighted by Gasteiger charge is 2.21. The van der Waals surface area contributed by atoms with Gasteiger partial charge in [0, 0.05) is 4.47 Å². The van der Waals surface area contributed by atoms with Crippen LogP contribution in [0, 0.1) is 6.92 Å². The van der Waals surface area contributed by atoms with Crippen LogP contribution in [0.4, 0.5) is 5.69 Å². The molecule has 0 amide bonds. The molecule has 0 bridgehead atoms. The van der Waals surface area contributed by atoms with Crippen LogP contribution in [0.3, 0.4) is 0 Å². The van der Waals surface area contributed by atoms with Gasteiger partial charge in [-0.15, -0.1) is 0 Å². The van der Waals surface area contributed by atoms with E-state index in [1.54, 1.807) is 30.3 Å². The first-order chi connectivity index (χ1) is 10.3. The zero-order valence-electron chi connectivity index (χ0n) is 11.7. The van der Waals surface area contributed by atoms with Crippen molar-refractivity contribution in [2.24, 2.45) is 0 Å². The SMILES string of the molecule is COc1cc(Br)c(Cl)c(Br)c1NS(=O)(=O)c1ccc(C)cc1. The number of halogens is 3. The Labute approximate surface area is 151 Å². The van der Waals surface area contributed by atoms with E-state index in [1.165, 1.54) is 7.11 Å². The average Bonchev–Trinajstić information content (AvgIpc) is 2.48. The number of sulfonamides is 1. The molecule has 4 nitrogen and oxygen atoms in total. The van der Waals surface area contributed by atoms with E-state index in [1.807, 2.05) is 6.92 Å². The first-order valence-corrected chi connectivity index (χ1v) is 9.52. The molecule has 0 aliphatic heterocycles. The second kappa shape index (κ2) is 6.78. The summed E-state index contributed by atoms with van der Waals surface area (Å²) in [5.41, 5.74) is 1.22. The number of aryl methyl sites for hydroxylation is 1. The van der Waals surface area contributed by atoms with Gasteiger partial charge in [0.25, 0.3) is 10.0 Å². The van der Waals surface area contributed by atoms with Crippen LogP contribution in [-0.2, 0) is 10.0 Å². The van der Waals surface area contributed by atoms with E-state index < -0.39 is 10.0 Å². The molecule has 0 atom stereocenters. The van der Waals surface area contributed by atoms with Crippen LogP contribution < -0.4 is 9.46 Å². The predicted octanol–water partition coefficient (Wildman–Crippen LogP) is 4.98. The lowest BCUT2D eigenvalue weighted by molar-refractivity contribution is 0.416. The summed E-state index contributed by atoms with van der Waals surface area (Å²) in [5.74, 6) is 0.346. The summed E-state index contributed by atoms with van der Waals surface area (Å²) in [7, 11) is -2.30. The monoisotopic (exact) mass is 467 g/mol.